The van der Waals surface area contributed by atoms with Gasteiger partial charge in [-0.1, -0.05) is 20.8 Å². The molecular weight excluding hydrogens is 334 g/mol. The minimum Gasteiger partial charge on any atom is -0.465 e. The van der Waals surface area contributed by atoms with Gasteiger partial charge in [0.2, 0.25) is 0 Å². The molecule has 7 heteroatoms. The number of carbonyl (C=O) groups is 2. The van der Waals surface area contributed by atoms with Gasteiger partial charge in [-0.3, -0.25) is 9.59 Å². The molecule has 0 saturated carbocycles. The Morgan fingerprint density at radius 1 is 1.27 bits per heavy atom. The highest BCUT2D eigenvalue weighted by Gasteiger charge is 2.27. The van der Waals surface area contributed by atoms with E-state index < -0.39 is 33.7 Å². The predicted octanol–water partition coefficient (Wildman–Crippen LogP) is 4.41. The Balaban J connectivity index is 3.05. The van der Waals surface area contributed by atoms with Crippen LogP contribution < -0.4 is 0 Å². The molecule has 0 spiro atoms. The molecule has 0 N–H and O–H groups in total. The van der Waals surface area contributed by atoms with E-state index in [9.17, 15) is 18.4 Å². The fraction of sp³-hybridized carbons (Fsp3) is 0.467. The van der Waals surface area contributed by atoms with Crippen molar-refractivity contribution in [1.29, 1.82) is 0 Å². The molecule has 0 aliphatic rings. The van der Waals surface area contributed by atoms with Crippen LogP contribution in [-0.4, -0.2) is 23.1 Å². The smallest absolute Gasteiger partial charge is 0.319 e. The molecule has 0 fully saturated rings. The molecular formula is C15H17ClF2O3S. The van der Waals surface area contributed by atoms with E-state index in [0.29, 0.717) is 12.5 Å². The minimum atomic E-state index is -1.03. The Morgan fingerprint density at radius 3 is 2.41 bits per heavy atom. The topological polar surface area (TPSA) is 43.4 Å². The van der Waals surface area contributed by atoms with Gasteiger partial charge in [0, 0.05) is 11.0 Å². The van der Waals surface area contributed by atoms with Gasteiger partial charge in [0.25, 0.3) is 5.24 Å². The quantitative estimate of drug-likeness (QED) is 0.415. The van der Waals surface area contributed by atoms with Crippen LogP contribution in [0.2, 0.25) is 0 Å². The number of ether oxygens (including phenoxy) is 1. The van der Waals surface area contributed by atoms with Gasteiger partial charge >= 0.3 is 5.97 Å². The SMILES string of the molecule is CCCOC(=O)C(Sc1cc(C(=O)Cl)c(F)cc1F)C(C)C. The van der Waals surface area contributed by atoms with Crippen molar-refractivity contribution in [2.75, 3.05) is 6.61 Å². The zero-order valence-corrected chi connectivity index (χ0v) is 14.1. The molecule has 0 aliphatic heterocycles. The summed E-state index contributed by atoms with van der Waals surface area (Å²) in [4.78, 5) is 23.1. The molecule has 1 aromatic carbocycles. The summed E-state index contributed by atoms with van der Waals surface area (Å²) < 4.78 is 32.4. The second-order valence-electron chi connectivity index (χ2n) is 4.99. The van der Waals surface area contributed by atoms with Crippen molar-refractivity contribution in [3.63, 3.8) is 0 Å². The van der Waals surface area contributed by atoms with E-state index in [1.54, 1.807) is 13.8 Å². The average Bonchev–Trinajstić information content (AvgIpc) is 2.43. The third-order valence-corrected chi connectivity index (χ3v) is 4.53. The number of carbonyl (C=O) groups excluding carboxylic acids is 2. The number of rotatable bonds is 7. The monoisotopic (exact) mass is 350 g/mol. The molecule has 22 heavy (non-hydrogen) atoms. The molecule has 1 atom stereocenters. The maximum Gasteiger partial charge on any atom is 0.319 e. The summed E-state index contributed by atoms with van der Waals surface area (Å²) >= 11 is 6.16. The van der Waals surface area contributed by atoms with Gasteiger partial charge in [0.05, 0.1) is 12.2 Å². The second-order valence-corrected chi connectivity index (χ2v) is 6.51. The first-order valence-electron chi connectivity index (χ1n) is 6.80. The van der Waals surface area contributed by atoms with Crippen LogP contribution in [0.5, 0.6) is 0 Å². The van der Waals surface area contributed by atoms with Crippen molar-refractivity contribution in [3.8, 4) is 0 Å². The second kappa shape index (κ2) is 8.48. The summed E-state index contributed by atoms with van der Waals surface area (Å²) in [6, 6.07) is 1.61. The Bertz CT molecular complexity index is 564. The van der Waals surface area contributed by atoms with E-state index in [-0.39, 0.29) is 17.4 Å². The van der Waals surface area contributed by atoms with Crippen molar-refractivity contribution in [2.24, 2.45) is 5.92 Å². The van der Waals surface area contributed by atoms with Crippen LogP contribution in [0.15, 0.2) is 17.0 Å². The number of hydrogen-bond acceptors (Lipinski definition) is 4. The van der Waals surface area contributed by atoms with Gasteiger partial charge < -0.3 is 4.74 Å². The lowest BCUT2D eigenvalue weighted by atomic mass is 10.1. The lowest BCUT2D eigenvalue weighted by molar-refractivity contribution is -0.143. The van der Waals surface area contributed by atoms with Gasteiger partial charge in [-0.05, 0) is 30.0 Å². The van der Waals surface area contributed by atoms with Gasteiger partial charge in [-0.2, -0.15) is 0 Å². The highest BCUT2D eigenvalue weighted by Crippen LogP contribution is 2.33. The van der Waals surface area contributed by atoms with Crippen molar-refractivity contribution < 1.29 is 23.1 Å². The standard InChI is InChI=1S/C15H17ClF2O3S/c1-4-5-21-15(20)13(8(2)3)22-12-6-9(14(16)19)10(17)7-11(12)18/h6-8,13H,4-5H2,1-3H3. The first-order valence-corrected chi connectivity index (χ1v) is 8.05. The Kier molecular flexibility index (Phi) is 7.29. The van der Waals surface area contributed by atoms with Gasteiger partial charge in [0.1, 0.15) is 16.9 Å². The molecule has 0 aromatic heterocycles. The largest absolute Gasteiger partial charge is 0.465 e. The van der Waals surface area contributed by atoms with E-state index in [4.69, 9.17) is 16.3 Å². The molecule has 0 amide bonds. The number of thioether (sulfide) groups is 1. The molecule has 122 valence electrons. The maximum atomic E-state index is 13.9. The zero-order chi connectivity index (χ0) is 16.9. The van der Waals surface area contributed by atoms with Gasteiger partial charge in [-0.25, -0.2) is 8.78 Å². The van der Waals surface area contributed by atoms with E-state index in [0.717, 1.165) is 17.8 Å². The van der Waals surface area contributed by atoms with Crippen molar-refractivity contribution in [1.82, 2.24) is 0 Å². The summed E-state index contributed by atoms with van der Waals surface area (Å²) in [6.45, 7) is 5.72. The summed E-state index contributed by atoms with van der Waals surface area (Å²) in [7, 11) is 0. The van der Waals surface area contributed by atoms with Crippen molar-refractivity contribution >= 4 is 34.6 Å². The highest BCUT2D eigenvalue weighted by atomic mass is 35.5. The van der Waals surface area contributed by atoms with Crippen LogP contribution in [0.25, 0.3) is 0 Å². The molecule has 0 radical (unpaired) electrons. The van der Waals surface area contributed by atoms with Crippen LogP contribution in [0.1, 0.15) is 37.6 Å². The number of benzene rings is 1. The van der Waals surface area contributed by atoms with Gasteiger partial charge in [0.15, 0.2) is 0 Å². The van der Waals surface area contributed by atoms with Crippen LogP contribution in [-0.2, 0) is 9.53 Å². The maximum absolute atomic E-state index is 13.9. The number of esters is 1. The Morgan fingerprint density at radius 2 is 1.91 bits per heavy atom. The molecule has 0 saturated heterocycles. The van der Waals surface area contributed by atoms with Crippen molar-refractivity contribution in [3.05, 3.63) is 29.3 Å². The predicted molar refractivity (Wildman–Crippen MR) is 82.3 cm³/mol. The summed E-state index contributed by atoms with van der Waals surface area (Å²) in [6.07, 6.45) is 0.678. The summed E-state index contributed by atoms with van der Waals surface area (Å²) in [5.74, 6) is -2.48. The number of hydrogen-bond donors (Lipinski definition) is 0. The lowest BCUT2D eigenvalue weighted by Gasteiger charge is -2.19. The number of halogens is 3. The zero-order valence-electron chi connectivity index (χ0n) is 12.5. The van der Waals surface area contributed by atoms with Crippen LogP contribution >= 0.6 is 23.4 Å². The Labute approximate surface area is 137 Å². The summed E-state index contributed by atoms with van der Waals surface area (Å²) in [5, 5.41) is -1.68. The van der Waals surface area contributed by atoms with Crippen LogP contribution in [0.3, 0.4) is 0 Å². The molecule has 1 unspecified atom stereocenters. The van der Waals surface area contributed by atoms with E-state index in [2.05, 4.69) is 0 Å². The normalized spacial score (nSPS) is 12.3. The van der Waals surface area contributed by atoms with Crippen molar-refractivity contribution in [2.45, 2.75) is 37.3 Å². The van der Waals surface area contributed by atoms with E-state index in [1.165, 1.54) is 0 Å². The van der Waals surface area contributed by atoms with Gasteiger partial charge in [-0.15, -0.1) is 11.8 Å². The average molecular weight is 351 g/mol. The molecule has 1 aromatic rings. The first kappa shape index (κ1) is 18.9. The van der Waals surface area contributed by atoms with Crippen LogP contribution in [0.4, 0.5) is 8.78 Å². The highest BCUT2D eigenvalue weighted by molar-refractivity contribution is 8.00. The fourth-order valence-corrected chi connectivity index (χ4v) is 2.86. The molecule has 0 heterocycles. The fourth-order valence-electron chi connectivity index (χ4n) is 1.65. The minimum absolute atomic E-state index is 0.0162. The molecule has 0 bridgehead atoms. The van der Waals surface area contributed by atoms with Crippen LogP contribution in [0, 0.1) is 17.6 Å². The first-order chi connectivity index (χ1) is 10.3. The van der Waals surface area contributed by atoms with E-state index >= 15 is 0 Å². The Hall–Kier alpha value is -1.14. The lowest BCUT2D eigenvalue weighted by Crippen LogP contribution is -2.26. The van der Waals surface area contributed by atoms with E-state index in [1.807, 2.05) is 6.92 Å². The molecule has 3 nitrogen and oxygen atoms in total. The molecule has 1 rings (SSSR count). The summed E-state index contributed by atoms with van der Waals surface area (Å²) in [5.41, 5.74) is -0.421. The third-order valence-electron chi connectivity index (χ3n) is 2.77. The third kappa shape index (κ3) is 4.95. The molecule has 0 aliphatic carbocycles.